The van der Waals surface area contributed by atoms with Gasteiger partial charge in [-0.15, -0.1) is 0 Å². The van der Waals surface area contributed by atoms with Gasteiger partial charge in [-0.1, -0.05) is 13.8 Å². The Morgan fingerprint density at radius 2 is 1.67 bits per heavy atom. The Bertz CT molecular complexity index is 388. The van der Waals surface area contributed by atoms with E-state index in [1.165, 1.54) is 51.6 Å². The van der Waals surface area contributed by atoms with E-state index < -0.39 is 0 Å². The Hall–Kier alpha value is -0.120. The summed E-state index contributed by atoms with van der Waals surface area (Å²) in [5.74, 6) is 2.52. The molecule has 0 radical (unpaired) electrons. The molecule has 3 nitrogen and oxygen atoms in total. The van der Waals surface area contributed by atoms with Crippen LogP contribution in [0.5, 0.6) is 0 Å². The summed E-state index contributed by atoms with van der Waals surface area (Å²) in [4.78, 5) is 2.72. The third kappa shape index (κ3) is 2.46. The molecule has 1 heterocycles. The van der Waals surface area contributed by atoms with E-state index in [4.69, 9.17) is 10.5 Å². The molecule has 4 rings (SSSR count). The molecule has 4 fully saturated rings. The first kappa shape index (κ1) is 14.5. The molecule has 3 atom stereocenters. The van der Waals surface area contributed by atoms with E-state index in [2.05, 4.69) is 18.7 Å². The minimum Gasteiger partial charge on any atom is -0.377 e. The first-order valence-corrected chi connectivity index (χ1v) is 9.13. The number of nitrogens with two attached hydrogens (primary N) is 1. The van der Waals surface area contributed by atoms with E-state index in [9.17, 15) is 0 Å². The molecule has 3 aliphatic carbocycles. The molecule has 120 valence electrons. The molecule has 0 aromatic heterocycles. The van der Waals surface area contributed by atoms with Crippen LogP contribution in [0, 0.1) is 23.2 Å². The standard InChI is InChI=1S/C18H32N2O/c1-17(2)16-15(4-3-9-21-16)18(17,19)12-20(10-13-5-6-13)11-14-7-8-14/h13-16H,3-12,19H2,1-2H3. The van der Waals surface area contributed by atoms with Gasteiger partial charge in [-0.25, -0.2) is 0 Å². The summed E-state index contributed by atoms with van der Waals surface area (Å²) in [6, 6.07) is 0. The predicted molar refractivity (Wildman–Crippen MR) is 85.1 cm³/mol. The van der Waals surface area contributed by atoms with Crippen LogP contribution in [-0.4, -0.2) is 42.8 Å². The van der Waals surface area contributed by atoms with E-state index in [1.807, 2.05) is 0 Å². The second kappa shape index (κ2) is 4.94. The molecule has 3 unspecified atom stereocenters. The van der Waals surface area contributed by atoms with E-state index in [1.54, 1.807) is 0 Å². The topological polar surface area (TPSA) is 38.5 Å². The second-order valence-electron chi connectivity index (χ2n) is 8.88. The van der Waals surface area contributed by atoms with E-state index >= 15 is 0 Å². The maximum absolute atomic E-state index is 7.01. The zero-order valence-electron chi connectivity index (χ0n) is 13.8. The van der Waals surface area contributed by atoms with E-state index in [0.29, 0.717) is 12.0 Å². The summed E-state index contributed by atoms with van der Waals surface area (Å²) in [5, 5.41) is 0. The minimum absolute atomic E-state index is 0.0398. The molecule has 0 aromatic carbocycles. The molecular weight excluding hydrogens is 260 g/mol. The fourth-order valence-electron chi connectivity index (χ4n) is 4.89. The second-order valence-corrected chi connectivity index (χ2v) is 8.88. The van der Waals surface area contributed by atoms with Crippen LogP contribution >= 0.6 is 0 Å². The highest BCUT2D eigenvalue weighted by Gasteiger charge is 2.66. The molecule has 0 aromatic rings. The van der Waals surface area contributed by atoms with Crippen molar-refractivity contribution >= 4 is 0 Å². The van der Waals surface area contributed by atoms with Crippen LogP contribution in [0.15, 0.2) is 0 Å². The van der Waals surface area contributed by atoms with Crippen molar-refractivity contribution in [3.63, 3.8) is 0 Å². The summed E-state index contributed by atoms with van der Waals surface area (Å²) in [5.41, 5.74) is 7.10. The summed E-state index contributed by atoms with van der Waals surface area (Å²) in [6.45, 7) is 9.30. The maximum atomic E-state index is 7.01. The third-order valence-corrected chi connectivity index (χ3v) is 6.81. The Balaban J connectivity index is 1.46. The zero-order valence-corrected chi connectivity index (χ0v) is 13.8. The summed E-state index contributed by atoms with van der Waals surface area (Å²) in [6.07, 6.45) is 8.63. The molecule has 3 heteroatoms. The van der Waals surface area contributed by atoms with Gasteiger partial charge < -0.3 is 15.4 Å². The predicted octanol–water partition coefficient (Wildman–Crippen LogP) is 2.64. The summed E-state index contributed by atoms with van der Waals surface area (Å²) < 4.78 is 6.06. The number of ether oxygens (including phenoxy) is 1. The minimum atomic E-state index is -0.0398. The van der Waals surface area contributed by atoms with Gasteiger partial charge in [0, 0.05) is 43.1 Å². The van der Waals surface area contributed by atoms with Gasteiger partial charge in [0.1, 0.15) is 0 Å². The van der Waals surface area contributed by atoms with Crippen molar-refractivity contribution in [3.05, 3.63) is 0 Å². The van der Waals surface area contributed by atoms with Crippen molar-refractivity contribution in [1.82, 2.24) is 4.90 Å². The Labute approximate surface area is 129 Å². The van der Waals surface area contributed by atoms with Crippen molar-refractivity contribution in [2.75, 3.05) is 26.2 Å². The fraction of sp³-hybridized carbons (Fsp3) is 1.00. The lowest BCUT2D eigenvalue weighted by molar-refractivity contribution is -0.232. The lowest BCUT2D eigenvalue weighted by atomic mass is 9.46. The van der Waals surface area contributed by atoms with Gasteiger partial charge in [-0.3, -0.25) is 0 Å². The van der Waals surface area contributed by atoms with E-state index in [0.717, 1.165) is 25.0 Å². The SMILES string of the molecule is CC1(C)C2OCCCC2C1(N)CN(CC1CC1)CC1CC1. The molecule has 0 amide bonds. The molecular formula is C18H32N2O. The van der Waals surface area contributed by atoms with Gasteiger partial charge in [0.25, 0.3) is 0 Å². The molecule has 3 saturated carbocycles. The lowest BCUT2D eigenvalue weighted by Crippen LogP contribution is -2.80. The van der Waals surface area contributed by atoms with E-state index in [-0.39, 0.29) is 11.0 Å². The van der Waals surface area contributed by atoms with Crippen LogP contribution in [0.4, 0.5) is 0 Å². The van der Waals surface area contributed by atoms with Crippen molar-refractivity contribution in [1.29, 1.82) is 0 Å². The Morgan fingerprint density at radius 1 is 1.05 bits per heavy atom. The average Bonchev–Trinajstić information content (AvgIpc) is 3.35. The highest BCUT2D eigenvalue weighted by Crippen LogP contribution is 2.57. The molecule has 4 aliphatic rings. The normalized spacial score (nSPS) is 41.7. The highest BCUT2D eigenvalue weighted by molar-refractivity contribution is 5.21. The smallest absolute Gasteiger partial charge is 0.0690 e. The van der Waals surface area contributed by atoms with Crippen molar-refractivity contribution < 1.29 is 4.74 Å². The summed E-state index contributed by atoms with van der Waals surface area (Å²) in [7, 11) is 0. The molecule has 0 bridgehead atoms. The van der Waals surface area contributed by atoms with Gasteiger partial charge in [0.05, 0.1) is 6.10 Å². The van der Waals surface area contributed by atoms with Crippen molar-refractivity contribution in [2.24, 2.45) is 28.9 Å². The van der Waals surface area contributed by atoms with Crippen LogP contribution in [0.25, 0.3) is 0 Å². The molecule has 1 aliphatic heterocycles. The van der Waals surface area contributed by atoms with Crippen LogP contribution < -0.4 is 5.73 Å². The van der Waals surface area contributed by atoms with Gasteiger partial charge in [0.2, 0.25) is 0 Å². The molecule has 0 spiro atoms. The monoisotopic (exact) mass is 292 g/mol. The van der Waals surface area contributed by atoms with Gasteiger partial charge >= 0.3 is 0 Å². The molecule has 1 saturated heterocycles. The highest BCUT2D eigenvalue weighted by atomic mass is 16.5. The quantitative estimate of drug-likeness (QED) is 0.818. The van der Waals surface area contributed by atoms with Gasteiger partial charge in [-0.05, 0) is 50.4 Å². The number of fused-ring (bicyclic) bond motifs is 1. The number of hydrogen-bond donors (Lipinski definition) is 1. The maximum Gasteiger partial charge on any atom is 0.0690 e. The lowest BCUT2D eigenvalue weighted by Gasteiger charge is -2.67. The Morgan fingerprint density at radius 3 is 2.24 bits per heavy atom. The van der Waals surface area contributed by atoms with Crippen LogP contribution in [0.3, 0.4) is 0 Å². The van der Waals surface area contributed by atoms with Crippen LogP contribution in [0.1, 0.15) is 52.4 Å². The number of hydrogen-bond acceptors (Lipinski definition) is 3. The third-order valence-electron chi connectivity index (χ3n) is 6.81. The fourth-order valence-corrected chi connectivity index (χ4v) is 4.89. The van der Waals surface area contributed by atoms with Gasteiger partial charge in [-0.2, -0.15) is 0 Å². The first-order chi connectivity index (χ1) is 10.0. The van der Waals surface area contributed by atoms with Gasteiger partial charge in [0.15, 0.2) is 0 Å². The number of nitrogens with zero attached hydrogens (tertiary/aromatic N) is 1. The van der Waals surface area contributed by atoms with Crippen LogP contribution in [-0.2, 0) is 4.74 Å². The van der Waals surface area contributed by atoms with Crippen molar-refractivity contribution in [3.8, 4) is 0 Å². The molecule has 2 N–H and O–H groups in total. The first-order valence-electron chi connectivity index (χ1n) is 9.13. The van der Waals surface area contributed by atoms with Crippen LogP contribution in [0.2, 0.25) is 0 Å². The largest absolute Gasteiger partial charge is 0.377 e. The molecule has 21 heavy (non-hydrogen) atoms. The Kier molecular flexibility index (Phi) is 3.40. The van der Waals surface area contributed by atoms with Crippen molar-refractivity contribution in [2.45, 2.75) is 64.0 Å². The summed E-state index contributed by atoms with van der Waals surface area (Å²) >= 11 is 0. The average molecular weight is 292 g/mol. The zero-order chi connectivity index (χ0) is 14.7. The number of rotatable bonds is 6.